The Morgan fingerprint density at radius 2 is 2.06 bits per heavy atom. The summed E-state index contributed by atoms with van der Waals surface area (Å²) in [4.78, 5) is 4.49. The molecule has 0 bridgehead atoms. The van der Waals surface area contributed by atoms with Crippen molar-refractivity contribution in [2.24, 2.45) is 0 Å². The number of benzene rings is 1. The lowest BCUT2D eigenvalue weighted by atomic mass is 10.2. The Bertz CT molecular complexity index is 734. The number of fused-ring (bicyclic) bond motifs is 1. The first-order valence-electron chi connectivity index (χ1n) is 5.55. The van der Waals surface area contributed by atoms with Crippen LogP contribution in [0.2, 0.25) is 5.02 Å². The Balaban J connectivity index is 2.23. The lowest BCUT2D eigenvalue weighted by Crippen LogP contribution is -1.86. The maximum absolute atomic E-state index is 13.0. The van der Waals surface area contributed by atoms with Gasteiger partial charge in [-0.15, -0.1) is 0 Å². The van der Waals surface area contributed by atoms with Crippen molar-refractivity contribution in [3.8, 4) is 11.3 Å². The molecule has 3 rings (SSSR count). The van der Waals surface area contributed by atoms with Crippen LogP contribution in [0.1, 0.15) is 5.69 Å². The Morgan fingerprint density at radius 1 is 1.22 bits per heavy atom. The van der Waals surface area contributed by atoms with Crippen LogP contribution in [0.15, 0.2) is 42.6 Å². The molecule has 0 saturated heterocycles. The van der Waals surface area contributed by atoms with E-state index in [0.29, 0.717) is 5.02 Å². The molecule has 0 spiro atoms. The Kier molecular flexibility index (Phi) is 2.56. The molecule has 0 unspecified atom stereocenters. The molecule has 0 aliphatic heterocycles. The van der Waals surface area contributed by atoms with Gasteiger partial charge in [0.1, 0.15) is 11.5 Å². The number of rotatable bonds is 1. The minimum absolute atomic E-state index is 0.344. The van der Waals surface area contributed by atoms with Crippen LogP contribution in [0.4, 0.5) is 4.39 Å². The molecule has 90 valence electrons. The summed E-state index contributed by atoms with van der Waals surface area (Å²) in [6, 6.07) is 10.2. The van der Waals surface area contributed by atoms with Crippen LogP contribution in [-0.4, -0.2) is 9.38 Å². The molecular formula is C14H10ClFN2. The van der Waals surface area contributed by atoms with Crippen LogP contribution in [0, 0.1) is 12.7 Å². The first kappa shape index (κ1) is 11.2. The highest BCUT2D eigenvalue weighted by atomic mass is 35.5. The van der Waals surface area contributed by atoms with E-state index in [-0.39, 0.29) is 5.82 Å². The highest BCUT2D eigenvalue weighted by Gasteiger charge is 2.09. The molecule has 0 fully saturated rings. The van der Waals surface area contributed by atoms with E-state index in [9.17, 15) is 4.39 Å². The van der Waals surface area contributed by atoms with Crippen molar-refractivity contribution < 1.29 is 4.39 Å². The number of halogens is 2. The number of nitrogens with zero attached hydrogens (tertiary/aromatic N) is 2. The van der Waals surface area contributed by atoms with Crippen molar-refractivity contribution in [3.05, 3.63) is 59.1 Å². The molecule has 0 aliphatic carbocycles. The molecule has 2 aromatic heterocycles. The zero-order valence-electron chi connectivity index (χ0n) is 9.69. The standard InChI is InChI=1S/C14H10ClFN2/c1-9-3-2-4-14-17-13(8-18(9)14)11-6-5-10(16)7-12(11)15/h2-8H,1H3. The number of aromatic nitrogens is 2. The van der Waals surface area contributed by atoms with Gasteiger partial charge in [0, 0.05) is 17.5 Å². The van der Waals surface area contributed by atoms with Crippen molar-refractivity contribution in [3.63, 3.8) is 0 Å². The number of hydrogen-bond acceptors (Lipinski definition) is 1. The monoisotopic (exact) mass is 260 g/mol. The quantitative estimate of drug-likeness (QED) is 0.644. The summed E-state index contributed by atoms with van der Waals surface area (Å²) < 4.78 is 15.0. The highest BCUT2D eigenvalue weighted by molar-refractivity contribution is 6.33. The van der Waals surface area contributed by atoms with E-state index in [4.69, 9.17) is 11.6 Å². The summed E-state index contributed by atoms with van der Waals surface area (Å²) >= 11 is 6.04. The van der Waals surface area contributed by atoms with Gasteiger partial charge in [0.25, 0.3) is 0 Å². The minimum atomic E-state index is -0.344. The fourth-order valence-electron chi connectivity index (χ4n) is 1.98. The molecule has 4 heteroatoms. The number of imidazole rings is 1. The van der Waals surface area contributed by atoms with Gasteiger partial charge in [0.05, 0.1) is 10.7 Å². The SMILES string of the molecule is Cc1cccc2nc(-c3ccc(F)cc3Cl)cn12. The zero-order valence-corrected chi connectivity index (χ0v) is 10.4. The molecular weight excluding hydrogens is 251 g/mol. The second-order valence-electron chi connectivity index (χ2n) is 4.15. The van der Waals surface area contributed by atoms with E-state index in [1.807, 2.05) is 35.7 Å². The lowest BCUT2D eigenvalue weighted by Gasteiger charge is -1.99. The van der Waals surface area contributed by atoms with E-state index in [1.54, 1.807) is 6.07 Å². The molecule has 0 aliphatic rings. The van der Waals surface area contributed by atoms with Crippen molar-refractivity contribution in [2.45, 2.75) is 6.92 Å². The van der Waals surface area contributed by atoms with Crippen LogP contribution in [-0.2, 0) is 0 Å². The van der Waals surface area contributed by atoms with Gasteiger partial charge in [-0.3, -0.25) is 0 Å². The second kappa shape index (κ2) is 4.10. The molecule has 2 nitrogen and oxygen atoms in total. The van der Waals surface area contributed by atoms with E-state index < -0.39 is 0 Å². The first-order valence-corrected chi connectivity index (χ1v) is 5.93. The third-order valence-electron chi connectivity index (χ3n) is 2.90. The third kappa shape index (κ3) is 1.77. The van der Waals surface area contributed by atoms with Gasteiger partial charge in [-0.05, 0) is 37.3 Å². The topological polar surface area (TPSA) is 17.3 Å². The molecule has 0 radical (unpaired) electrons. The molecule has 0 saturated carbocycles. The van der Waals surface area contributed by atoms with Crippen molar-refractivity contribution >= 4 is 17.2 Å². The van der Waals surface area contributed by atoms with E-state index >= 15 is 0 Å². The number of pyridine rings is 1. The summed E-state index contributed by atoms with van der Waals surface area (Å²) in [6.45, 7) is 2.00. The summed E-state index contributed by atoms with van der Waals surface area (Å²) in [7, 11) is 0. The van der Waals surface area contributed by atoms with Crippen molar-refractivity contribution in [1.29, 1.82) is 0 Å². The molecule has 1 aromatic carbocycles. The average molecular weight is 261 g/mol. The summed E-state index contributed by atoms with van der Waals surface area (Å²) in [5.41, 5.74) is 3.42. The van der Waals surface area contributed by atoms with Gasteiger partial charge in [0.15, 0.2) is 0 Å². The number of hydrogen-bond donors (Lipinski definition) is 0. The van der Waals surface area contributed by atoms with E-state index in [1.165, 1.54) is 12.1 Å². The van der Waals surface area contributed by atoms with Gasteiger partial charge < -0.3 is 4.40 Å². The molecule has 3 aromatic rings. The third-order valence-corrected chi connectivity index (χ3v) is 3.22. The van der Waals surface area contributed by atoms with Gasteiger partial charge in [-0.2, -0.15) is 0 Å². The molecule has 0 amide bonds. The van der Waals surface area contributed by atoms with Crippen LogP contribution < -0.4 is 0 Å². The predicted octanol–water partition coefficient (Wildman–Crippen LogP) is 4.10. The van der Waals surface area contributed by atoms with Crippen LogP contribution >= 0.6 is 11.6 Å². The van der Waals surface area contributed by atoms with Crippen molar-refractivity contribution in [2.75, 3.05) is 0 Å². The van der Waals surface area contributed by atoms with Crippen LogP contribution in [0.25, 0.3) is 16.9 Å². The lowest BCUT2D eigenvalue weighted by molar-refractivity contribution is 0.628. The smallest absolute Gasteiger partial charge is 0.137 e. The molecule has 18 heavy (non-hydrogen) atoms. The van der Waals surface area contributed by atoms with Gasteiger partial charge in [-0.25, -0.2) is 9.37 Å². The normalized spacial score (nSPS) is 11.1. The molecule has 0 atom stereocenters. The fourth-order valence-corrected chi connectivity index (χ4v) is 2.24. The second-order valence-corrected chi connectivity index (χ2v) is 4.55. The minimum Gasteiger partial charge on any atom is -0.304 e. The van der Waals surface area contributed by atoms with Crippen LogP contribution in [0.5, 0.6) is 0 Å². The Labute approximate surface area is 109 Å². The van der Waals surface area contributed by atoms with Gasteiger partial charge >= 0.3 is 0 Å². The summed E-state index contributed by atoms with van der Waals surface area (Å²) in [5, 5.41) is 0.371. The first-order chi connectivity index (χ1) is 8.65. The molecule has 0 N–H and O–H groups in total. The maximum Gasteiger partial charge on any atom is 0.137 e. The molecule has 2 heterocycles. The van der Waals surface area contributed by atoms with Gasteiger partial charge in [-0.1, -0.05) is 17.7 Å². The fraction of sp³-hybridized carbons (Fsp3) is 0.0714. The summed E-state index contributed by atoms with van der Waals surface area (Å²) in [5.74, 6) is -0.344. The Morgan fingerprint density at radius 3 is 2.78 bits per heavy atom. The maximum atomic E-state index is 13.0. The van der Waals surface area contributed by atoms with E-state index in [2.05, 4.69) is 4.98 Å². The number of aryl methyl sites for hydroxylation is 1. The predicted molar refractivity (Wildman–Crippen MR) is 70.3 cm³/mol. The zero-order chi connectivity index (χ0) is 12.7. The van der Waals surface area contributed by atoms with Crippen molar-refractivity contribution in [1.82, 2.24) is 9.38 Å². The average Bonchev–Trinajstić information content (AvgIpc) is 2.74. The van der Waals surface area contributed by atoms with Crippen LogP contribution in [0.3, 0.4) is 0 Å². The highest BCUT2D eigenvalue weighted by Crippen LogP contribution is 2.28. The Hall–Kier alpha value is -1.87. The van der Waals surface area contributed by atoms with Gasteiger partial charge in [0.2, 0.25) is 0 Å². The summed E-state index contributed by atoms with van der Waals surface area (Å²) in [6.07, 6.45) is 1.91. The van der Waals surface area contributed by atoms with E-state index in [0.717, 1.165) is 22.6 Å². The largest absolute Gasteiger partial charge is 0.304 e.